The molecule has 24 heavy (non-hydrogen) atoms. The van der Waals surface area contributed by atoms with Crippen molar-refractivity contribution < 1.29 is 12.3 Å². The first-order valence-corrected chi connectivity index (χ1v) is 20.8. The van der Waals surface area contributed by atoms with E-state index in [1.807, 2.05) is 6.92 Å². The van der Waals surface area contributed by atoms with E-state index in [9.17, 15) is 0 Å². The van der Waals surface area contributed by atoms with Gasteiger partial charge in [0, 0.05) is 6.04 Å². The van der Waals surface area contributed by atoms with Gasteiger partial charge in [0.25, 0.3) is 0 Å². The molecule has 1 atom stereocenters. The van der Waals surface area contributed by atoms with Crippen molar-refractivity contribution in [1.82, 2.24) is 0 Å². The van der Waals surface area contributed by atoms with Crippen molar-refractivity contribution >= 4 is 39.7 Å². The number of guanidine groups is 1. The monoisotopic (exact) mass is 409 g/mol. The Labute approximate surface area is 153 Å². The second-order valence-corrected chi connectivity index (χ2v) is 26.3. The molecule has 0 aromatic rings. The summed E-state index contributed by atoms with van der Waals surface area (Å²) in [4.78, 5) is 4.23. The van der Waals surface area contributed by atoms with Crippen molar-refractivity contribution in [3.8, 4) is 0 Å². The highest BCUT2D eigenvalue weighted by Crippen LogP contribution is 2.30. The molecule has 0 saturated heterocycles. The van der Waals surface area contributed by atoms with Gasteiger partial charge in [0.05, 0.1) is 6.04 Å². The molecule has 0 aliphatic carbocycles. The smallest absolute Gasteiger partial charge is 0.417 e. The molecule has 0 saturated carbocycles. The van der Waals surface area contributed by atoms with Gasteiger partial charge in [-0.25, -0.2) is 0 Å². The zero-order valence-electron chi connectivity index (χ0n) is 17.3. The van der Waals surface area contributed by atoms with Crippen LogP contribution in [0.15, 0.2) is 4.99 Å². The molecule has 0 aromatic heterocycles. The molecule has 0 aromatic carbocycles. The van der Waals surface area contributed by atoms with Crippen molar-refractivity contribution in [3.05, 3.63) is 0 Å². The fourth-order valence-electron chi connectivity index (χ4n) is 2.32. The third-order valence-electron chi connectivity index (χ3n) is 2.62. The summed E-state index contributed by atoms with van der Waals surface area (Å²) in [5.41, 5.74) is 11.0. The Hall–Kier alpha value is 0.0175. The molecule has 0 aliphatic heterocycles. The highest BCUT2D eigenvalue weighted by molar-refractivity contribution is 6.90. The highest BCUT2D eigenvalue weighted by Gasteiger charge is 2.49. The lowest BCUT2D eigenvalue weighted by molar-refractivity contribution is 0.249. The number of hydrogen-bond acceptors (Lipinski definition) is 4. The van der Waals surface area contributed by atoms with Crippen LogP contribution in [0.4, 0.5) is 0 Å². The van der Waals surface area contributed by atoms with Crippen molar-refractivity contribution in [3.63, 3.8) is 0 Å². The maximum absolute atomic E-state index is 6.62. The van der Waals surface area contributed by atoms with Crippen molar-refractivity contribution in [2.24, 2.45) is 16.5 Å². The van der Waals surface area contributed by atoms with Crippen molar-refractivity contribution in [2.45, 2.75) is 84.4 Å². The van der Waals surface area contributed by atoms with Gasteiger partial charge in [-0.15, -0.1) is 0 Å². The zero-order valence-corrected chi connectivity index (χ0v) is 21.3. The van der Waals surface area contributed by atoms with Gasteiger partial charge in [-0.3, -0.25) is 4.99 Å². The third-order valence-corrected chi connectivity index (χ3v) is 14.6. The molecule has 0 radical (unpaired) electrons. The Morgan fingerprint density at radius 2 is 1.12 bits per heavy atom. The van der Waals surface area contributed by atoms with E-state index in [2.05, 4.69) is 63.9 Å². The van der Waals surface area contributed by atoms with Gasteiger partial charge in [-0.2, -0.15) is 0 Å². The molecule has 0 spiro atoms. The molecular formula is C14H39N3O3Si4. The fraction of sp³-hybridized carbons (Fsp3) is 0.929. The summed E-state index contributed by atoms with van der Waals surface area (Å²) < 4.78 is 19.9. The van der Waals surface area contributed by atoms with E-state index >= 15 is 0 Å². The maximum Gasteiger partial charge on any atom is 0.469 e. The molecule has 0 rings (SSSR count). The second-order valence-electron chi connectivity index (χ2n) is 9.27. The molecule has 4 N–H and O–H groups in total. The van der Waals surface area contributed by atoms with Gasteiger partial charge >= 0.3 is 8.80 Å². The first-order chi connectivity index (χ1) is 10.4. The maximum atomic E-state index is 6.62. The number of nitrogens with zero attached hydrogens (tertiary/aromatic N) is 1. The van der Waals surface area contributed by atoms with Gasteiger partial charge in [0.1, 0.15) is 0 Å². The predicted octanol–water partition coefficient (Wildman–Crippen LogP) is 3.53. The lowest BCUT2D eigenvalue weighted by atomic mass is 10.3. The SMILES string of the molecule is CC(CC[Si](O[Si](C)(C)C)(O[Si](C)(C)C)O[Si](C)(C)C)N=C(N)N. The lowest BCUT2D eigenvalue weighted by Gasteiger charge is -2.43. The number of hydrogen-bond donors (Lipinski definition) is 2. The van der Waals surface area contributed by atoms with Crippen LogP contribution in [0.25, 0.3) is 0 Å². The Morgan fingerprint density at radius 1 is 0.792 bits per heavy atom. The summed E-state index contributed by atoms with van der Waals surface area (Å²) in [6.07, 6.45) is 0.795. The van der Waals surface area contributed by atoms with Gasteiger partial charge in [0.15, 0.2) is 30.9 Å². The van der Waals surface area contributed by atoms with Crippen LogP contribution in [0.2, 0.25) is 65.0 Å². The minimum Gasteiger partial charge on any atom is -0.417 e. The molecule has 0 aliphatic rings. The number of rotatable bonds is 10. The standard InChI is InChI=1S/C14H39N3O3Si4/c1-13(17-14(15)16)11-12-24(18-21(2,3)4,19-22(5,6)7)20-23(8,9)10/h13H,11-12H2,1-10H3,(H4,15,16,17). The molecule has 0 bridgehead atoms. The Bertz CT molecular complexity index is 384. The minimum absolute atomic E-state index is 0.0302. The van der Waals surface area contributed by atoms with Crippen LogP contribution in [-0.4, -0.2) is 45.8 Å². The van der Waals surface area contributed by atoms with Gasteiger partial charge in [-0.1, -0.05) is 0 Å². The third kappa shape index (κ3) is 12.4. The molecular weight excluding hydrogens is 371 g/mol. The van der Waals surface area contributed by atoms with E-state index in [1.54, 1.807) is 0 Å². The average Bonchev–Trinajstić information content (AvgIpc) is 2.17. The topological polar surface area (TPSA) is 92.1 Å². The van der Waals surface area contributed by atoms with E-state index in [-0.39, 0.29) is 12.0 Å². The van der Waals surface area contributed by atoms with E-state index in [0.29, 0.717) is 0 Å². The normalized spacial score (nSPS) is 15.2. The van der Waals surface area contributed by atoms with Crippen LogP contribution in [0.1, 0.15) is 13.3 Å². The summed E-state index contributed by atoms with van der Waals surface area (Å²) in [5, 5.41) is 0. The summed E-state index contributed by atoms with van der Waals surface area (Å²) in [5.74, 6) is 0.123. The van der Waals surface area contributed by atoms with Crippen LogP contribution in [0.3, 0.4) is 0 Å². The molecule has 0 fully saturated rings. The number of nitrogens with two attached hydrogens (primary N) is 2. The number of aliphatic imine (C=N–C) groups is 1. The Kier molecular flexibility index (Phi) is 8.61. The Balaban J connectivity index is 5.57. The van der Waals surface area contributed by atoms with Crippen LogP contribution >= 0.6 is 0 Å². The van der Waals surface area contributed by atoms with Crippen molar-refractivity contribution in [1.29, 1.82) is 0 Å². The van der Waals surface area contributed by atoms with Gasteiger partial charge in [-0.05, 0) is 72.3 Å². The van der Waals surface area contributed by atoms with Crippen molar-refractivity contribution in [2.75, 3.05) is 0 Å². The summed E-state index contributed by atoms with van der Waals surface area (Å²) >= 11 is 0. The first-order valence-electron chi connectivity index (χ1n) is 8.62. The largest absolute Gasteiger partial charge is 0.469 e. The quantitative estimate of drug-likeness (QED) is 0.327. The summed E-state index contributed by atoms with van der Waals surface area (Å²) in [6.45, 7) is 21.7. The van der Waals surface area contributed by atoms with Crippen LogP contribution in [0, 0.1) is 0 Å². The summed E-state index contributed by atoms with van der Waals surface area (Å²) in [6, 6.07) is 0.784. The van der Waals surface area contributed by atoms with E-state index in [0.717, 1.165) is 12.5 Å². The summed E-state index contributed by atoms with van der Waals surface area (Å²) in [7, 11) is -8.26. The van der Waals surface area contributed by atoms with Crippen LogP contribution < -0.4 is 11.5 Å². The highest BCUT2D eigenvalue weighted by atomic mass is 28.5. The zero-order chi connectivity index (χ0) is 19.4. The van der Waals surface area contributed by atoms with E-state index in [1.165, 1.54) is 0 Å². The van der Waals surface area contributed by atoms with Crippen LogP contribution in [0.5, 0.6) is 0 Å². The molecule has 0 heterocycles. The lowest BCUT2D eigenvalue weighted by Crippen LogP contribution is -2.60. The fourth-order valence-corrected chi connectivity index (χ4v) is 17.1. The molecule has 10 heteroatoms. The minimum atomic E-state index is -2.78. The average molecular weight is 410 g/mol. The Morgan fingerprint density at radius 3 is 1.38 bits per heavy atom. The molecule has 1 unspecified atom stereocenters. The van der Waals surface area contributed by atoms with Gasteiger partial charge in [0.2, 0.25) is 0 Å². The first kappa shape index (κ1) is 24.0. The molecule has 144 valence electrons. The second kappa shape index (κ2) is 8.60. The predicted molar refractivity (Wildman–Crippen MR) is 114 cm³/mol. The van der Waals surface area contributed by atoms with E-state index < -0.39 is 33.8 Å². The van der Waals surface area contributed by atoms with Gasteiger partial charge < -0.3 is 23.8 Å². The van der Waals surface area contributed by atoms with E-state index in [4.69, 9.17) is 23.8 Å². The molecule has 6 nitrogen and oxygen atoms in total. The van der Waals surface area contributed by atoms with Crippen LogP contribution in [-0.2, 0) is 12.3 Å². The molecule has 0 amide bonds.